The van der Waals surface area contributed by atoms with Crippen LogP contribution in [0.2, 0.25) is 0 Å². The van der Waals surface area contributed by atoms with Gasteiger partial charge < -0.3 is 19.9 Å². The third-order valence-corrected chi connectivity index (χ3v) is 6.29. The smallest absolute Gasteiger partial charge is 0.283 e. The van der Waals surface area contributed by atoms with Gasteiger partial charge in [-0.2, -0.15) is 4.39 Å². The molecule has 1 spiro atoms. The van der Waals surface area contributed by atoms with Crippen LogP contribution in [0.4, 0.5) is 4.39 Å². The summed E-state index contributed by atoms with van der Waals surface area (Å²) in [7, 11) is 0. The highest BCUT2D eigenvalue weighted by molar-refractivity contribution is 5.77. The average molecular weight is 444 g/mol. The number of nitrogens with two attached hydrogens (primary N) is 1. The number of ether oxygens (including phenoxy) is 3. The van der Waals surface area contributed by atoms with Crippen molar-refractivity contribution in [1.82, 2.24) is 9.97 Å². The van der Waals surface area contributed by atoms with Crippen LogP contribution in [0.25, 0.3) is 16.7 Å². The van der Waals surface area contributed by atoms with E-state index in [4.69, 9.17) is 24.9 Å². The molecule has 8 heteroatoms. The summed E-state index contributed by atoms with van der Waals surface area (Å²) in [5, 5.41) is 0. The predicted molar refractivity (Wildman–Crippen MR) is 120 cm³/mol. The van der Waals surface area contributed by atoms with E-state index in [0.29, 0.717) is 49.0 Å². The predicted octanol–water partition coefficient (Wildman–Crippen LogP) is 4.17. The second-order valence-electron chi connectivity index (χ2n) is 8.21. The van der Waals surface area contributed by atoms with E-state index in [1.165, 1.54) is 6.20 Å². The number of hydrogen-bond acceptors (Lipinski definition) is 7. The summed E-state index contributed by atoms with van der Waals surface area (Å²) < 4.78 is 31.8. The summed E-state index contributed by atoms with van der Waals surface area (Å²) in [6, 6.07) is 11.1. The maximum Gasteiger partial charge on any atom is 0.283 e. The van der Waals surface area contributed by atoms with Gasteiger partial charge in [-0.3, -0.25) is 0 Å². The molecule has 3 aliphatic heterocycles. The van der Waals surface area contributed by atoms with Crippen molar-refractivity contribution in [3.05, 3.63) is 77.5 Å². The van der Waals surface area contributed by atoms with Gasteiger partial charge >= 0.3 is 0 Å². The van der Waals surface area contributed by atoms with Crippen molar-refractivity contribution in [3.63, 3.8) is 0 Å². The number of hydrogen-bond donors (Lipinski definition) is 1. The van der Waals surface area contributed by atoms with E-state index in [-0.39, 0.29) is 6.02 Å². The zero-order valence-corrected chi connectivity index (χ0v) is 17.8. The molecule has 0 amide bonds. The second-order valence-corrected chi connectivity index (χ2v) is 8.21. The summed E-state index contributed by atoms with van der Waals surface area (Å²) in [5.74, 6) is 0.545. The van der Waals surface area contributed by atoms with Gasteiger partial charge in [0.05, 0.1) is 19.8 Å². The normalized spacial score (nSPS) is 21.2. The third-order valence-electron chi connectivity index (χ3n) is 6.29. The number of pyridine rings is 2. The minimum absolute atomic E-state index is 0.101. The summed E-state index contributed by atoms with van der Waals surface area (Å²) >= 11 is 0. The lowest BCUT2D eigenvalue weighted by Gasteiger charge is -2.39. The average Bonchev–Trinajstić information content (AvgIpc) is 2.85. The Bertz CT molecular complexity index is 1320. The quantitative estimate of drug-likeness (QED) is 0.597. The lowest BCUT2D eigenvalue weighted by Crippen LogP contribution is -2.39. The molecule has 0 saturated heterocycles. The Morgan fingerprint density at radius 1 is 1.03 bits per heavy atom. The van der Waals surface area contributed by atoms with Gasteiger partial charge in [0.15, 0.2) is 0 Å². The Hall–Kier alpha value is -3.78. The number of nitrogens with zero attached hydrogens (tertiary/aromatic N) is 3. The lowest BCUT2D eigenvalue weighted by atomic mass is 9.77. The standard InChI is InChI=1S/C25H21FN4O3/c26-22-18(4-1-8-28-22)15-5-6-21-19(11-15)25(7-10-32-24(27)30-25)20-12-17(13-29-23(20)33-21)16-3-2-9-31-14-16/h1,3-6,8,11-13H,2,7,9-10,14H2,(H2,27,30)/t25-/m0/s1. The van der Waals surface area contributed by atoms with Crippen molar-refractivity contribution in [3.8, 4) is 22.8 Å². The highest BCUT2D eigenvalue weighted by Gasteiger charge is 2.45. The van der Waals surface area contributed by atoms with Gasteiger partial charge in [-0.1, -0.05) is 12.1 Å². The maximum absolute atomic E-state index is 14.5. The summed E-state index contributed by atoms with van der Waals surface area (Å²) in [4.78, 5) is 13.2. The number of aromatic nitrogens is 2. The molecule has 3 aliphatic rings. The Morgan fingerprint density at radius 3 is 2.76 bits per heavy atom. The molecule has 1 aromatic carbocycles. The zero-order chi connectivity index (χ0) is 22.4. The molecule has 0 saturated carbocycles. The molecule has 166 valence electrons. The van der Waals surface area contributed by atoms with Gasteiger partial charge in [0.2, 0.25) is 11.8 Å². The zero-order valence-electron chi connectivity index (χ0n) is 17.8. The first-order valence-corrected chi connectivity index (χ1v) is 10.8. The molecule has 5 heterocycles. The molecule has 2 aromatic heterocycles. The Morgan fingerprint density at radius 2 is 1.94 bits per heavy atom. The van der Waals surface area contributed by atoms with Crippen molar-refractivity contribution in [2.24, 2.45) is 10.7 Å². The SMILES string of the molecule is NC1=N[C@@]2(CCO1)c1cc(-c3cccnc3F)ccc1Oc1ncc(C3=CCCOC3)cc12. The Balaban J connectivity index is 1.56. The van der Waals surface area contributed by atoms with Gasteiger partial charge in [-0.25, -0.2) is 15.0 Å². The largest absolute Gasteiger partial charge is 0.465 e. The van der Waals surface area contributed by atoms with Crippen LogP contribution in [0.15, 0.2) is 59.9 Å². The second kappa shape index (κ2) is 7.67. The van der Waals surface area contributed by atoms with Gasteiger partial charge in [0.1, 0.15) is 11.3 Å². The molecule has 0 radical (unpaired) electrons. The fraction of sp³-hybridized carbons (Fsp3) is 0.240. The fourth-order valence-corrected chi connectivity index (χ4v) is 4.69. The van der Waals surface area contributed by atoms with E-state index < -0.39 is 11.5 Å². The molecular formula is C25H21FN4O3. The molecule has 7 nitrogen and oxygen atoms in total. The van der Waals surface area contributed by atoms with E-state index in [1.807, 2.05) is 24.3 Å². The van der Waals surface area contributed by atoms with Gasteiger partial charge in [0, 0.05) is 35.5 Å². The fourth-order valence-electron chi connectivity index (χ4n) is 4.69. The van der Waals surface area contributed by atoms with Crippen LogP contribution in [-0.4, -0.2) is 35.8 Å². The number of benzene rings is 1. The molecule has 33 heavy (non-hydrogen) atoms. The molecule has 2 N–H and O–H groups in total. The van der Waals surface area contributed by atoms with Crippen LogP contribution in [0, 0.1) is 5.95 Å². The van der Waals surface area contributed by atoms with Gasteiger partial charge in [-0.05, 0) is 53.5 Å². The molecule has 0 bridgehead atoms. The molecule has 0 fully saturated rings. The Kier molecular flexibility index (Phi) is 4.62. The Labute approximate surface area is 189 Å². The first-order valence-electron chi connectivity index (χ1n) is 10.8. The van der Waals surface area contributed by atoms with Crippen molar-refractivity contribution in [2.45, 2.75) is 18.4 Å². The first-order chi connectivity index (χ1) is 16.1. The number of aliphatic imine (C=N–C) groups is 1. The number of fused-ring (bicyclic) bond motifs is 4. The van der Waals surface area contributed by atoms with Gasteiger partial charge in [0.25, 0.3) is 6.02 Å². The molecule has 0 aliphatic carbocycles. The first kappa shape index (κ1) is 19.9. The van der Waals surface area contributed by atoms with Crippen LogP contribution in [0.5, 0.6) is 11.6 Å². The van der Waals surface area contributed by atoms with E-state index in [1.54, 1.807) is 18.3 Å². The highest BCUT2D eigenvalue weighted by atomic mass is 19.1. The van der Waals surface area contributed by atoms with Crippen molar-refractivity contribution < 1.29 is 18.6 Å². The maximum atomic E-state index is 14.5. The van der Waals surface area contributed by atoms with E-state index in [9.17, 15) is 4.39 Å². The molecule has 6 rings (SSSR count). The van der Waals surface area contributed by atoms with Crippen LogP contribution in [0.3, 0.4) is 0 Å². The monoisotopic (exact) mass is 444 g/mol. The van der Waals surface area contributed by atoms with Crippen LogP contribution < -0.4 is 10.5 Å². The minimum atomic E-state index is -0.862. The molecular weight excluding hydrogens is 423 g/mol. The number of rotatable bonds is 2. The van der Waals surface area contributed by atoms with Crippen molar-refractivity contribution >= 4 is 11.6 Å². The summed E-state index contributed by atoms with van der Waals surface area (Å²) in [6.07, 6.45) is 6.79. The third kappa shape index (κ3) is 3.25. The van der Waals surface area contributed by atoms with E-state index in [2.05, 4.69) is 16.0 Å². The molecule has 0 unspecified atom stereocenters. The van der Waals surface area contributed by atoms with Crippen LogP contribution >= 0.6 is 0 Å². The number of halogens is 1. The number of amidine groups is 1. The van der Waals surface area contributed by atoms with E-state index >= 15 is 0 Å². The van der Waals surface area contributed by atoms with Crippen molar-refractivity contribution in [1.29, 1.82) is 0 Å². The summed E-state index contributed by atoms with van der Waals surface area (Å²) in [5.41, 5.74) is 9.91. The topological polar surface area (TPSA) is 91.9 Å². The minimum Gasteiger partial charge on any atom is -0.465 e. The van der Waals surface area contributed by atoms with E-state index in [0.717, 1.165) is 28.7 Å². The van der Waals surface area contributed by atoms with Crippen LogP contribution in [-0.2, 0) is 15.0 Å². The lowest BCUT2D eigenvalue weighted by molar-refractivity contribution is 0.164. The van der Waals surface area contributed by atoms with Gasteiger partial charge in [-0.15, -0.1) is 0 Å². The molecule has 1 atom stereocenters. The summed E-state index contributed by atoms with van der Waals surface area (Å²) in [6.45, 7) is 1.63. The highest BCUT2D eigenvalue weighted by Crippen LogP contribution is 2.52. The van der Waals surface area contributed by atoms with Crippen molar-refractivity contribution in [2.75, 3.05) is 19.8 Å². The van der Waals surface area contributed by atoms with Crippen LogP contribution in [0.1, 0.15) is 29.5 Å². The molecule has 3 aromatic rings.